The van der Waals surface area contributed by atoms with Gasteiger partial charge in [-0.1, -0.05) is 24.6 Å². The first-order chi connectivity index (χ1) is 6.20. The van der Waals surface area contributed by atoms with Gasteiger partial charge in [-0.2, -0.15) is 0 Å². The third-order valence-corrected chi connectivity index (χ3v) is 1.73. The molecule has 0 spiro atoms. The molecule has 1 heteroatoms. The van der Waals surface area contributed by atoms with Crippen LogP contribution in [0.2, 0.25) is 0 Å². The molecule has 0 heterocycles. The van der Waals surface area contributed by atoms with E-state index in [1.165, 1.54) is 5.56 Å². The molecule has 0 atom stereocenters. The van der Waals surface area contributed by atoms with E-state index in [1.54, 1.807) is 0 Å². The minimum absolute atomic E-state index is 0.917. The highest BCUT2D eigenvalue weighted by atomic mass is 32.1. The van der Waals surface area contributed by atoms with Gasteiger partial charge >= 0.3 is 0 Å². The van der Waals surface area contributed by atoms with Crippen LogP contribution in [-0.4, -0.2) is 0 Å². The normalized spacial score (nSPS) is 8.15. The first kappa shape index (κ1) is 12.1. The van der Waals surface area contributed by atoms with Crippen LogP contribution in [0.5, 0.6) is 0 Å². The third kappa shape index (κ3) is 7.49. The summed E-state index contributed by atoms with van der Waals surface area (Å²) in [5.41, 5.74) is 1.28. The van der Waals surface area contributed by atoms with Crippen LogP contribution in [0.15, 0.2) is 29.2 Å². The lowest BCUT2D eigenvalue weighted by molar-refractivity contribution is 0.984. The first-order valence-electron chi connectivity index (χ1n) is 4.39. The smallest absolute Gasteiger partial charge is 0.00834 e. The fourth-order valence-electron chi connectivity index (χ4n) is 0.689. The van der Waals surface area contributed by atoms with E-state index in [2.05, 4.69) is 32.4 Å². The molecule has 0 nitrogen and oxygen atoms in total. The van der Waals surface area contributed by atoms with Crippen molar-refractivity contribution >= 4 is 12.6 Å². The molecule has 0 saturated heterocycles. The molecule has 13 heavy (non-hydrogen) atoms. The van der Waals surface area contributed by atoms with E-state index in [1.807, 2.05) is 24.3 Å². The summed E-state index contributed by atoms with van der Waals surface area (Å²) in [5, 5.41) is 0. The van der Waals surface area contributed by atoms with Crippen LogP contribution in [0.3, 0.4) is 0 Å². The Hall–Kier alpha value is -0.870. The van der Waals surface area contributed by atoms with Crippen molar-refractivity contribution < 1.29 is 0 Å². The van der Waals surface area contributed by atoms with Crippen molar-refractivity contribution in [1.82, 2.24) is 0 Å². The Kier molecular flexibility index (Phi) is 7.24. The SMILES string of the molecule is C#CCCC.Cc1ccc(S)cc1. The second-order valence-corrected chi connectivity index (χ2v) is 3.31. The molecule has 0 unspecified atom stereocenters. The lowest BCUT2D eigenvalue weighted by Gasteiger charge is -1.89. The van der Waals surface area contributed by atoms with Crippen LogP contribution >= 0.6 is 12.6 Å². The highest BCUT2D eigenvalue weighted by Crippen LogP contribution is 2.05. The summed E-state index contributed by atoms with van der Waals surface area (Å²) in [4.78, 5) is 1.02. The van der Waals surface area contributed by atoms with Gasteiger partial charge in [0, 0.05) is 11.3 Å². The van der Waals surface area contributed by atoms with Crippen molar-refractivity contribution in [2.75, 3.05) is 0 Å². The molecule has 0 bridgehead atoms. The molecule has 0 amide bonds. The van der Waals surface area contributed by atoms with E-state index >= 15 is 0 Å². The van der Waals surface area contributed by atoms with Crippen LogP contribution in [0, 0.1) is 19.3 Å². The minimum Gasteiger partial charge on any atom is -0.143 e. The average Bonchev–Trinajstić information content (AvgIpc) is 2.13. The van der Waals surface area contributed by atoms with E-state index in [-0.39, 0.29) is 0 Å². The Balaban J connectivity index is 0.000000252. The summed E-state index contributed by atoms with van der Waals surface area (Å²) in [6.45, 7) is 4.13. The molecule has 70 valence electrons. The van der Waals surface area contributed by atoms with Crippen molar-refractivity contribution in [3.63, 3.8) is 0 Å². The maximum Gasteiger partial charge on any atom is 0.00834 e. The van der Waals surface area contributed by atoms with E-state index in [0.717, 1.165) is 17.7 Å². The number of unbranched alkanes of at least 4 members (excludes halogenated alkanes) is 1. The van der Waals surface area contributed by atoms with Gasteiger partial charge < -0.3 is 0 Å². The molecule has 1 aromatic rings. The number of aryl methyl sites for hydroxylation is 1. The summed E-state index contributed by atoms with van der Waals surface area (Å²) in [7, 11) is 0. The quantitative estimate of drug-likeness (QED) is 0.509. The van der Waals surface area contributed by atoms with Crippen LogP contribution in [0.4, 0.5) is 0 Å². The Morgan fingerprint density at radius 1 is 1.31 bits per heavy atom. The molecule has 0 N–H and O–H groups in total. The third-order valence-electron chi connectivity index (χ3n) is 1.43. The van der Waals surface area contributed by atoms with Crippen LogP contribution in [-0.2, 0) is 0 Å². The van der Waals surface area contributed by atoms with E-state index in [9.17, 15) is 0 Å². The van der Waals surface area contributed by atoms with Gasteiger partial charge in [-0.15, -0.1) is 25.0 Å². The van der Waals surface area contributed by atoms with Crippen molar-refractivity contribution in [1.29, 1.82) is 0 Å². The predicted octanol–water partition coefficient (Wildman–Crippen LogP) is 3.70. The molecule has 0 aliphatic carbocycles. The summed E-state index contributed by atoms with van der Waals surface area (Å²) >= 11 is 4.13. The van der Waals surface area contributed by atoms with Gasteiger partial charge in [0.15, 0.2) is 0 Å². The highest BCUT2D eigenvalue weighted by Gasteiger charge is 1.80. The van der Waals surface area contributed by atoms with Crippen LogP contribution in [0.25, 0.3) is 0 Å². The van der Waals surface area contributed by atoms with E-state index < -0.39 is 0 Å². The standard InChI is InChI=1S/C7H8S.C5H8/c1-6-2-4-7(8)5-3-6;1-3-5-4-2/h2-5,8H,1H3;1H,4-5H2,2H3. The van der Waals surface area contributed by atoms with Crippen molar-refractivity contribution in [2.45, 2.75) is 31.6 Å². The number of thiol groups is 1. The van der Waals surface area contributed by atoms with Crippen molar-refractivity contribution in [3.8, 4) is 12.3 Å². The molecular weight excluding hydrogens is 176 g/mol. The molecule has 0 aliphatic heterocycles. The number of rotatable bonds is 1. The monoisotopic (exact) mass is 192 g/mol. The zero-order valence-electron chi connectivity index (χ0n) is 8.25. The van der Waals surface area contributed by atoms with Crippen molar-refractivity contribution in [3.05, 3.63) is 29.8 Å². The number of benzene rings is 1. The summed E-state index contributed by atoms with van der Waals surface area (Å²) < 4.78 is 0. The van der Waals surface area contributed by atoms with E-state index in [4.69, 9.17) is 6.42 Å². The van der Waals surface area contributed by atoms with Gasteiger partial charge in [-0.25, -0.2) is 0 Å². The first-order valence-corrected chi connectivity index (χ1v) is 4.84. The van der Waals surface area contributed by atoms with Gasteiger partial charge in [0.05, 0.1) is 0 Å². The van der Waals surface area contributed by atoms with Crippen molar-refractivity contribution in [2.24, 2.45) is 0 Å². The minimum atomic E-state index is 0.917. The fourth-order valence-corrected chi connectivity index (χ4v) is 0.838. The maximum absolute atomic E-state index is 4.89. The van der Waals surface area contributed by atoms with E-state index in [0.29, 0.717) is 0 Å². The molecule has 0 aromatic heterocycles. The molecule has 0 saturated carbocycles. The fraction of sp³-hybridized carbons (Fsp3) is 0.333. The lowest BCUT2D eigenvalue weighted by atomic mass is 10.2. The Labute approximate surface area is 86.8 Å². The molecule has 0 fully saturated rings. The average molecular weight is 192 g/mol. The van der Waals surface area contributed by atoms with Crippen LogP contribution < -0.4 is 0 Å². The maximum atomic E-state index is 4.89. The summed E-state index contributed by atoms with van der Waals surface area (Å²) in [6, 6.07) is 8.06. The summed E-state index contributed by atoms with van der Waals surface area (Å²) in [6.07, 6.45) is 6.91. The van der Waals surface area contributed by atoms with Gasteiger partial charge in [-0.3, -0.25) is 0 Å². The Morgan fingerprint density at radius 3 is 2.08 bits per heavy atom. The zero-order chi connectivity index (χ0) is 10.1. The molecule has 0 radical (unpaired) electrons. The second-order valence-electron chi connectivity index (χ2n) is 2.79. The zero-order valence-corrected chi connectivity index (χ0v) is 9.14. The van der Waals surface area contributed by atoms with Gasteiger partial charge in [0.25, 0.3) is 0 Å². The molecule has 1 rings (SSSR count). The van der Waals surface area contributed by atoms with Crippen LogP contribution in [0.1, 0.15) is 25.3 Å². The topological polar surface area (TPSA) is 0 Å². The molecular formula is C12H16S. The predicted molar refractivity (Wildman–Crippen MR) is 62.2 cm³/mol. The lowest BCUT2D eigenvalue weighted by Crippen LogP contribution is -1.67. The van der Waals surface area contributed by atoms with Gasteiger partial charge in [-0.05, 0) is 25.5 Å². The summed E-state index contributed by atoms with van der Waals surface area (Å²) in [5.74, 6) is 2.52. The Bertz CT molecular complexity index is 232. The van der Waals surface area contributed by atoms with Gasteiger partial charge in [0.2, 0.25) is 0 Å². The highest BCUT2D eigenvalue weighted by molar-refractivity contribution is 7.80. The Morgan fingerprint density at radius 2 is 1.85 bits per heavy atom. The number of hydrogen-bond acceptors (Lipinski definition) is 1. The molecule has 1 aromatic carbocycles. The number of terminal acetylenes is 1. The second kappa shape index (κ2) is 7.76. The number of hydrogen-bond donors (Lipinski definition) is 1. The molecule has 0 aliphatic rings. The van der Waals surface area contributed by atoms with Gasteiger partial charge in [0.1, 0.15) is 0 Å². The largest absolute Gasteiger partial charge is 0.143 e.